The van der Waals surface area contributed by atoms with Crippen LogP contribution in [0.15, 0.2) is 23.3 Å². The molecule has 1 aromatic heterocycles. The Morgan fingerprint density at radius 1 is 1.46 bits per heavy atom. The van der Waals surface area contributed by atoms with Gasteiger partial charge in [-0.1, -0.05) is 6.07 Å². The monoisotopic (exact) mass is 176 g/mol. The summed E-state index contributed by atoms with van der Waals surface area (Å²) in [5.74, 6) is 1.56. The van der Waals surface area contributed by atoms with E-state index in [1.807, 2.05) is 30.1 Å². The number of rotatable bonds is 1. The van der Waals surface area contributed by atoms with E-state index >= 15 is 0 Å². The van der Waals surface area contributed by atoms with E-state index in [0.717, 1.165) is 24.5 Å². The van der Waals surface area contributed by atoms with Gasteiger partial charge in [0.1, 0.15) is 11.7 Å². The smallest absolute Gasteiger partial charge is 0.149 e. The Morgan fingerprint density at radius 2 is 2.31 bits per heavy atom. The van der Waals surface area contributed by atoms with Crippen LogP contribution in [0, 0.1) is 6.92 Å². The third kappa shape index (κ3) is 1.61. The van der Waals surface area contributed by atoms with Crippen molar-refractivity contribution in [3.63, 3.8) is 0 Å². The molecule has 0 atom stereocenters. The number of amidine groups is 1. The highest BCUT2D eigenvalue weighted by Gasteiger charge is 2.13. The molecule has 13 heavy (non-hydrogen) atoms. The zero-order valence-corrected chi connectivity index (χ0v) is 7.57. The lowest BCUT2D eigenvalue weighted by atomic mass is 10.3. The van der Waals surface area contributed by atoms with E-state index in [2.05, 4.69) is 10.1 Å². The molecule has 0 aliphatic carbocycles. The minimum atomic E-state index is 0.684. The van der Waals surface area contributed by atoms with Crippen molar-refractivity contribution in [2.24, 2.45) is 10.8 Å². The van der Waals surface area contributed by atoms with Crippen molar-refractivity contribution >= 4 is 11.7 Å². The summed E-state index contributed by atoms with van der Waals surface area (Å²) in [6.07, 6.45) is 0.829. The Kier molecular flexibility index (Phi) is 1.88. The van der Waals surface area contributed by atoms with Gasteiger partial charge in [0.15, 0.2) is 0 Å². The molecule has 2 rings (SSSR count). The van der Waals surface area contributed by atoms with Crippen LogP contribution in [0.4, 0.5) is 5.82 Å². The van der Waals surface area contributed by atoms with Crippen molar-refractivity contribution in [1.29, 1.82) is 0 Å². The summed E-state index contributed by atoms with van der Waals surface area (Å²) in [5.41, 5.74) is 6.58. The molecule has 0 fully saturated rings. The van der Waals surface area contributed by atoms with E-state index in [0.29, 0.717) is 5.84 Å². The summed E-state index contributed by atoms with van der Waals surface area (Å²) in [7, 11) is 0. The lowest BCUT2D eigenvalue weighted by Gasteiger charge is -2.11. The Hall–Kier alpha value is -1.58. The average molecular weight is 176 g/mol. The fraction of sp³-hybridized carbons (Fsp3) is 0.333. The first kappa shape index (κ1) is 8.04. The number of nitrogens with two attached hydrogens (primary N) is 1. The van der Waals surface area contributed by atoms with Crippen LogP contribution < -0.4 is 10.7 Å². The number of hydrazone groups is 1. The van der Waals surface area contributed by atoms with Crippen molar-refractivity contribution in [2.45, 2.75) is 13.3 Å². The molecule has 68 valence electrons. The zero-order valence-electron chi connectivity index (χ0n) is 7.57. The maximum Gasteiger partial charge on any atom is 0.149 e. The van der Waals surface area contributed by atoms with Crippen LogP contribution in [0.3, 0.4) is 0 Å². The second-order valence-electron chi connectivity index (χ2n) is 3.10. The van der Waals surface area contributed by atoms with Crippen molar-refractivity contribution in [1.82, 2.24) is 4.98 Å². The number of hydrogen-bond acceptors (Lipinski definition) is 4. The normalized spacial score (nSPS) is 16.1. The van der Waals surface area contributed by atoms with Crippen molar-refractivity contribution < 1.29 is 0 Å². The maximum atomic E-state index is 5.58. The van der Waals surface area contributed by atoms with E-state index in [4.69, 9.17) is 5.73 Å². The molecule has 1 aliphatic heterocycles. The highest BCUT2D eigenvalue weighted by Crippen LogP contribution is 2.15. The molecule has 4 nitrogen and oxygen atoms in total. The van der Waals surface area contributed by atoms with Gasteiger partial charge in [-0.3, -0.25) is 0 Å². The van der Waals surface area contributed by atoms with Crippen LogP contribution in [0.5, 0.6) is 0 Å². The van der Waals surface area contributed by atoms with Crippen LogP contribution in [0.2, 0.25) is 0 Å². The van der Waals surface area contributed by atoms with Crippen LogP contribution in [-0.2, 0) is 0 Å². The summed E-state index contributed by atoms with van der Waals surface area (Å²) in [5, 5.41) is 6.00. The molecular weight excluding hydrogens is 164 g/mol. The standard InChI is InChI=1S/C9H12N4/c1-7-3-2-4-9(11-7)13-6-5-8(10)12-13/h2-4H,5-6H2,1H3,(H2,10,12). The topological polar surface area (TPSA) is 54.5 Å². The number of pyridine rings is 1. The van der Waals surface area contributed by atoms with Gasteiger partial charge in [-0.15, -0.1) is 0 Å². The molecule has 0 unspecified atom stereocenters. The molecule has 1 aromatic rings. The van der Waals surface area contributed by atoms with Gasteiger partial charge in [-0.05, 0) is 19.1 Å². The molecule has 0 radical (unpaired) electrons. The fourth-order valence-corrected chi connectivity index (χ4v) is 1.31. The Balaban J connectivity index is 2.26. The van der Waals surface area contributed by atoms with Gasteiger partial charge in [0, 0.05) is 12.1 Å². The number of aryl methyl sites for hydroxylation is 1. The molecule has 0 bridgehead atoms. The van der Waals surface area contributed by atoms with Gasteiger partial charge < -0.3 is 5.73 Å². The molecule has 0 spiro atoms. The number of nitrogens with zero attached hydrogens (tertiary/aromatic N) is 3. The van der Waals surface area contributed by atoms with Crippen molar-refractivity contribution in [3.05, 3.63) is 23.9 Å². The van der Waals surface area contributed by atoms with Gasteiger partial charge in [0.25, 0.3) is 0 Å². The van der Waals surface area contributed by atoms with Gasteiger partial charge in [-0.25, -0.2) is 9.99 Å². The van der Waals surface area contributed by atoms with Crippen molar-refractivity contribution in [2.75, 3.05) is 11.6 Å². The van der Waals surface area contributed by atoms with Gasteiger partial charge >= 0.3 is 0 Å². The average Bonchev–Trinajstić information content (AvgIpc) is 2.52. The molecule has 2 N–H and O–H groups in total. The third-order valence-electron chi connectivity index (χ3n) is 1.97. The van der Waals surface area contributed by atoms with E-state index < -0.39 is 0 Å². The van der Waals surface area contributed by atoms with Crippen LogP contribution in [-0.4, -0.2) is 17.4 Å². The SMILES string of the molecule is Cc1cccc(N2CCC(N)=N2)n1. The van der Waals surface area contributed by atoms with Crippen LogP contribution >= 0.6 is 0 Å². The van der Waals surface area contributed by atoms with Gasteiger partial charge in [0.05, 0.1) is 6.54 Å². The first-order chi connectivity index (χ1) is 6.25. The molecule has 1 aliphatic rings. The van der Waals surface area contributed by atoms with E-state index in [1.165, 1.54) is 0 Å². The summed E-state index contributed by atoms with van der Waals surface area (Å²) in [6, 6.07) is 5.88. The molecular formula is C9H12N4. The summed E-state index contributed by atoms with van der Waals surface area (Å²) in [6.45, 7) is 2.80. The largest absolute Gasteiger partial charge is 0.386 e. The molecule has 0 aromatic carbocycles. The minimum absolute atomic E-state index is 0.684. The fourth-order valence-electron chi connectivity index (χ4n) is 1.31. The number of aromatic nitrogens is 1. The second-order valence-corrected chi connectivity index (χ2v) is 3.10. The maximum absolute atomic E-state index is 5.58. The molecule has 4 heteroatoms. The predicted octanol–water partition coefficient (Wildman–Crippen LogP) is 0.872. The molecule has 0 saturated heterocycles. The Morgan fingerprint density at radius 3 is 2.92 bits per heavy atom. The van der Waals surface area contributed by atoms with Gasteiger partial charge in [-0.2, -0.15) is 5.10 Å². The third-order valence-corrected chi connectivity index (χ3v) is 1.97. The second kappa shape index (κ2) is 3.05. The van der Waals surface area contributed by atoms with Crippen molar-refractivity contribution in [3.8, 4) is 0 Å². The lowest BCUT2D eigenvalue weighted by Crippen LogP contribution is -2.13. The Labute approximate surface area is 77.1 Å². The zero-order chi connectivity index (χ0) is 9.26. The van der Waals surface area contributed by atoms with E-state index in [1.54, 1.807) is 0 Å². The first-order valence-electron chi connectivity index (χ1n) is 4.30. The van der Waals surface area contributed by atoms with Crippen LogP contribution in [0.1, 0.15) is 12.1 Å². The number of anilines is 1. The van der Waals surface area contributed by atoms with E-state index in [-0.39, 0.29) is 0 Å². The predicted molar refractivity (Wildman–Crippen MR) is 52.6 cm³/mol. The quantitative estimate of drug-likeness (QED) is 0.690. The highest BCUT2D eigenvalue weighted by atomic mass is 15.5. The lowest BCUT2D eigenvalue weighted by molar-refractivity contribution is 0.890. The van der Waals surface area contributed by atoms with Crippen LogP contribution in [0.25, 0.3) is 0 Å². The number of hydrogen-bond donors (Lipinski definition) is 1. The summed E-state index contributed by atoms with van der Waals surface area (Å²) >= 11 is 0. The van der Waals surface area contributed by atoms with E-state index in [9.17, 15) is 0 Å². The highest BCUT2D eigenvalue weighted by molar-refractivity contribution is 5.83. The molecule has 0 saturated carbocycles. The molecule has 2 heterocycles. The Bertz CT molecular complexity index is 345. The minimum Gasteiger partial charge on any atom is -0.386 e. The summed E-state index contributed by atoms with van der Waals surface area (Å²) in [4.78, 5) is 4.35. The molecule has 0 amide bonds. The summed E-state index contributed by atoms with van der Waals surface area (Å²) < 4.78 is 0. The first-order valence-corrected chi connectivity index (χ1v) is 4.30. The van der Waals surface area contributed by atoms with Gasteiger partial charge in [0.2, 0.25) is 0 Å².